The fourth-order valence-electron chi connectivity index (χ4n) is 5.68. The number of rotatable bonds is 21. The van der Waals surface area contributed by atoms with Gasteiger partial charge < -0.3 is 0 Å². The van der Waals surface area contributed by atoms with Gasteiger partial charge in [0, 0.05) is 0 Å². The topological polar surface area (TPSA) is 25.8 Å². The molecule has 0 aromatic carbocycles. The molecule has 0 saturated carbocycles. The van der Waals surface area contributed by atoms with Gasteiger partial charge in [-0.25, -0.2) is 0 Å². The maximum atomic E-state index is 5.09. The van der Waals surface area contributed by atoms with E-state index >= 15 is 0 Å². The van der Waals surface area contributed by atoms with Crippen LogP contribution < -0.4 is 3.84 Å². The van der Waals surface area contributed by atoms with Crippen LogP contribution in [0.5, 0.6) is 0 Å². The number of hydrogen-bond acceptors (Lipinski definition) is 2. The van der Waals surface area contributed by atoms with Crippen molar-refractivity contribution in [3.63, 3.8) is 0 Å². The molecule has 0 amide bonds. The molecule has 33 heavy (non-hydrogen) atoms. The standard InChI is InChI=1S/C13H27.C4H3N2.2C4H9.C4H8.2Sn/c1-4-7-10-13(11-8-5-2)12-9-6-3;1-2-5-4-6-3-1;3*1-3-4-2;;/h4-12H2,1-3H3;1-3H;2*1,3-4H2,2H3;1H,3-4H2,2H3;;. The van der Waals surface area contributed by atoms with Crippen molar-refractivity contribution in [2.45, 2.75) is 152 Å². The summed E-state index contributed by atoms with van der Waals surface area (Å²) in [6.07, 6.45) is 25.4. The van der Waals surface area contributed by atoms with Gasteiger partial charge in [-0.15, -0.1) is 0 Å². The molecule has 1 aromatic heterocycles. The molecule has 0 aliphatic heterocycles. The summed E-state index contributed by atoms with van der Waals surface area (Å²) in [5.41, 5.74) is 0. The molecule has 4 heteroatoms. The number of aromatic nitrogens is 2. The van der Waals surface area contributed by atoms with E-state index in [0.29, 0.717) is 0 Å². The van der Waals surface area contributed by atoms with E-state index in [1.807, 2.05) is 6.07 Å². The third kappa shape index (κ3) is 10.7. The SMILES string of the molecule is CCCC[C](CCCC)(CCCC)[Sn][CH](CCC)[Sn]([CH2]CCC)([CH2]CCC)[c]1ncccn1. The van der Waals surface area contributed by atoms with Gasteiger partial charge in [0.25, 0.3) is 0 Å². The zero-order chi connectivity index (χ0) is 24.4. The molecule has 2 nitrogen and oxygen atoms in total. The van der Waals surface area contributed by atoms with Crippen molar-refractivity contribution in [2.75, 3.05) is 0 Å². The van der Waals surface area contributed by atoms with E-state index in [0.717, 1.165) is 5.38 Å². The van der Waals surface area contributed by atoms with Crippen molar-refractivity contribution < 1.29 is 0 Å². The third-order valence-corrected chi connectivity index (χ3v) is 41.8. The van der Waals surface area contributed by atoms with Crippen LogP contribution in [0, 0.1) is 0 Å². The molecular weight excluding hydrogens is 614 g/mol. The zero-order valence-corrected chi connectivity index (χ0v) is 28.9. The van der Waals surface area contributed by atoms with Crippen LogP contribution in [0.3, 0.4) is 0 Å². The Balaban J connectivity index is 3.52. The summed E-state index contributed by atoms with van der Waals surface area (Å²) < 4.78 is 6.21. The van der Waals surface area contributed by atoms with Gasteiger partial charge in [0.15, 0.2) is 0 Å². The molecule has 0 aliphatic rings. The van der Waals surface area contributed by atoms with Crippen LogP contribution in [-0.2, 0) is 0 Å². The predicted octanol–water partition coefficient (Wildman–Crippen LogP) is 9.29. The minimum absolute atomic E-state index is 0.612. The van der Waals surface area contributed by atoms with Crippen LogP contribution in [0.1, 0.15) is 138 Å². The first-order valence-corrected chi connectivity index (χ1v) is 24.8. The summed E-state index contributed by atoms with van der Waals surface area (Å²) in [5, 5.41) is 0. The predicted molar refractivity (Wildman–Crippen MR) is 153 cm³/mol. The molecule has 0 N–H and O–H groups in total. The van der Waals surface area contributed by atoms with Crippen LogP contribution in [0.4, 0.5) is 0 Å². The molecule has 0 bridgehead atoms. The van der Waals surface area contributed by atoms with Crippen LogP contribution in [0.15, 0.2) is 18.5 Å². The van der Waals surface area contributed by atoms with Gasteiger partial charge in [-0.3, -0.25) is 0 Å². The van der Waals surface area contributed by atoms with E-state index in [1.54, 1.807) is 0 Å². The molecule has 0 spiro atoms. The molecule has 1 aromatic rings. The first-order valence-electron chi connectivity index (χ1n) is 14.6. The van der Waals surface area contributed by atoms with Gasteiger partial charge >= 0.3 is 224 Å². The van der Waals surface area contributed by atoms with Crippen molar-refractivity contribution in [3.8, 4) is 0 Å². The van der Waals surface area contributed by atoms with Crippen LogP contribution in [-0.4, -0.2) is 49.5 Å². The number of unbranched alkanes of at least 4 members (excludes halogenated alkanes) is 5. The van der Waals surface area contributed by atoms with Gasteiger partial charge in [0.2, 0.25) is 0 Å². The number of nitrogens with zero attached hydrogens (tertiary/aromatic N) is 2. The van der Waals surface area contributed by atoms with Crippen molar-refractivity contribution in [1.82, 2.24) is 9.97 Å². The van der Waals surface area contributed by atoms with Gasteiger partial charge in [-0.1, -0.05) is 0 Å². The van der Waals surface area contributed by atoms with Gasteiger partial charge in [0.1, 0.15) is 0 Å². The molecule has 1 heterocycles. The van der Waals surface area contributed by atoms with Gasteiger partial charge in [0.05, 0.1) is 0 Å². The van der Waals surface area contributed by atoms with Gasteiger partial charge in [-0.05, 0) is 0 Å². The molecule has 1 unspecified atom stereocenters. The Morgan fingerprint density at radius 3 is 1.55 bits per heavy atom. The van der Waals surface area contributed by atoms with Crippen LogP contribution in [0.2, 0.25) is 14.3 Å². The summed E-state index contributed by atoms with van der Waals surface area (Å²) in [5.74, 6) is 0. The Morgan fingerprint density at radius 1 is 0.697 bits per heavy atom. The van der Waals surface area contributed by atoms with E-state index in [4.69, 9.17) is 9.97 Å². The third-order valence-electron chi connectivity index (χ3n) is 7.72. The van der Waals surface area contributed by atoms with E-state index in [9.17, 15) is 0 Å². The molecule has 2 radical (unpaired) electrons. The fraction of sp³-hybridized carbons (Fsp3) is 0.862. The second-order valence-electron chi connectivity index (χ2n) is 10.5. The van der Waals surface area contributed by atoms with Crippen LogP contribution in [0.25, 0.3) is 0 Å². The summed E-state index contributed by atoms with van der Waals surface area (Å²) >= 11 is -3.35. The Morgan fingerprint density at radius 2 is 1.15 bits per heavy atom. The van der Waals surface area contributed by atoms with Crippen molar-refractivity contribution in [1.29, 1.82) is 0 Å². The molecule has 1 atom stereocenters. The van der Waals surface area contributed by atoms with Crippen molar-refractivity contribution >= 4 is 43.4 Å². The van der Waals surface area contributed by atoms with E-state index < -0.39 is 39.5 Å². The molecular formula is C29H56N2Sn2. The molecule has 1 rings (SSSR count). The fourth-order valence-corrected chi connectivity index (χ4v) is 46.5. The van der Waals surface area contributed by atoms with Crippen LogP contribution >= 0.6 is 0 Å². The Hall–Kier alpha value is 0.677. The summed E-state index contributed by atoms with van der Waals surface area (Å²) in [6.45, 7) is 14.5. The first kappa shape index (κ1) is 31.7. The van der Waals surface area contributed by atoms with E-state index in [2.05, 4.69) is 53.9 Å². The average Bonchev–Trinajstić information content (AvgIpc) is 2.85. The Bertz CT molecular complexity index is 548. The average molecular weight is 670 g/mol. The molecule has 0 saturated heterocycles. The van der Waals surface area contributed by atoms with E-state index in [1.165, 1.54) is 109 Å². The molecule has 190 valence electrons. The van der Waals surface area contributed by atoms with Crippen molar-refractivity contribution in [3.05, 3.63) is 18.5 Å². The summed E-state index contributed by atoms with van der Waals surface area (Å²) in [6, 6.07) is 2.04. The van der Waals surface area contributed by atoms with Gasteiger partial charge in [-0.2, -0.15) is 0 Å². The summed E-state index contributed by atoms with van der Waals surface area (Å²) in [7, 11) is 0. The molecule has 0 aliphatic carbocycles. The second kappa shape index (κ2) is 18.9. The molecule has 0 fully saturated rings. The number of hydrogen-bond donors (Lipinski definition) is 0. The first-order chi connectivity index (χ1) is 16.1. The monoisotopic (exact) mass is 672 g/mol. The van der Waals surface area contributed by atoms with E-state index in [-0.39, 0.29) is 0 Å². The Labute approximate surface area is 222 Å². The minimum atomic E-state index is -2.74. The maximum absolute atomic E-state index is 5.09. The second-order valence-corrected chi connectivity index (χ2v) is 33.8. The zero-order valence-electron chi connectivity index (χ0n) is 23.2. The van der Waals surface area contributed by atoms with Crippen molar-refractivity contribution in [2.24, 2.45) is 0 Å². The normalized spacial score (nSPS) is 13.4. The summed E-state index contributed by atoms with van der Waals surface area (Å²) in [4.78, 5) is 10.2. The quantitative estimate of drug-likeness (QED) is 0.122. The Kier molecular flexibility index (Phi) is 18.1.